The van der Waals surface area contributed by atoms with Gasteiger partial charge in [0.1, 0.15) is 4.88 Å². The van der Waals surface area contributed by atoms with E-state index in [9.17, 15) is 9.59 Å². The van der Waals surface area contributed by atoms with Gasteiger partial charge in [-0.25, -0.2) is 9.78 Å². The largest absolute Gasteiger partial charge is 0.478 e. The summed E-state index contributed by atoms with van der Waals surface area (Å²) in [5.41, 5.74) is 2.29. The van der Waals surface area contributed by atoms with Crippen LogP contribution in [0.4, 0.5) is 0 Å². The van der Waals surface area contributed by atoms with Gasteiger partial charge in [-0.15, -0.1) is 11.3 Å². The number of fused-ring (bicyclic) bond motifs is 1. The van der Waals surface area contributed by atoms with E-state index in [1.165, 1.54) is 11.3 Å². The Labute approximate surface area is 125 Å². The average molecular weight is 302 g/mol. The van der Waals surface area contributed by atoms with Crippen LogP contribution in [-0.4, -0.2) is 33.4 Å². The van der Waals surface area contributed by atoms with E-state index in [2.05, 4.69) is 4.98 Å². The Bertz CT molecular complexity index is 723. The summed E-state index contributed by atoms with van der Waals surface area (Å²) in [6.45, 7) is 2.97. The molecule has 1 N–H and O–H groups in total. The number of nitrogens with zero attached hydrogens (tertiary/aromatic N) is 2. The van der Waals surface area contributed by atoms with Gasteiger partial charge in [-0.05, 0) is 36.6 Å². The first kappa shape index (κ1) is 13.8. The van der Waals surface area contributed by atoms with Gasteiger partial charge in [-0.3, -0.25) is 4.79 Å². The Balaban J connectivity index is 1.84. The highest BCUT2D eigenvalue weighted by molar-refractivity contribution is 7.13. The molecule has 0 saturated heterocycles. The molecule has 0 unspecified atom stereocenters. The van der Waals surface area contributed by atoms with Gasteiger partial charge in [-0.2, -0.15) is 0 Å². The van der Waals surface area contributed by atoms with E-state index in [1.54, 1.807) is 23.2 Å². The second-order valence-corrected chi connectivity index (χ2v) is 6.24. The minimum atomic E-state index is -0.945. The number of aromatic carboxylic acids is 1. The summed E-state index contributed by atoms with van der Waals surface area (Å²) in [5, 5.41) is 9.92. The van der Waals surface area contributed by atoms with Crippen LogP contribution in [0.2, 0.25) is 0 Å². The van der Waals surface area contributed by atoms with Gasteiger partial charge in [0.25, 0.3) is 5.91 Å². The Morgan fingerprint density at radius 3 is 2.81 bits per heavy atom. The van der Waals surface area contributed by atoms with Crippen molar-refractivity contribution in [3.05, 3.63) is 51.0 Å². The SMILES string of the molecule is Cc1ncc(C(=O)N2CCc3ccc(C(=O)O)cc3C2)s1. The number of benzene rings is 1. The molecule has 1 amide bonds. The summed E-state index contributed by atoms with van der Waals surface area (Å²) in [5.74, 6) is -0.980. The molecule has 2 heterocycles. The molecule has 21 heavy (non-hydrogen) atoms. The third-order valence-corrected chi connectivity index (χ3v) is 4.49. The Kier molecular flexibility index (Phi) is 3.47. The van der Waals surface area contributed by atoms with E-state index in [4.69, 9.17) is 5.11 Å². The number of thiazole rings is 1. The van der Waals surface area contributed by atoms with Gasteiger partial charge in [0.15, 0.2) is 0 Å². The highest BCUT2D eigenvalue weighted by Crippen LogP contribution is 2.23. The second kappa shape index (κ2) is 5.29. The Hall–Kier alpha value is -2.21. The predicted octanol–water partition coefficient (Wildman–Crippen LogP) is 2.35. The van der Waals surface area contributed by atoms with Gasteiger partial charge in [0, 0.05) is 13.1 Å². The molecular formula is C15H14N2O3S. The number of aryl methyl sites for hydroxylation is 1. The van der Waals surface area contributed by atoms with Gasteiger partial charge >= 0.3 is 5.97 Å². The van der Waals surface area contributed by atoms with Crippen molar-refractivity contribution in [3.63, 3.8) is 0 Å². The maximum atomic E-state index is 12.4. The second-order valence-electron chi connectivity index (χ2n) is 5.01. The lowest BCUT2D eigenvalue weighted by molar-refractivity contribution is 0.0696. The molecule has 1 aliphatic heterocycles. The molecule has 0 spiro atoms. The summed E-state index contributed by atoms with van der Waals surface area (Å²) in [4.78, 5) is 29.9. The van der Waals surface area contributed by atoms with Crippen molar-refractivity contribution in [1.82, 2.24) is 9.88 Å². The molecule has 0 atom stereocenters. The van der Waals surface area contributed by atoms with Crippen LogP contribution in [0.3, 0.4) is 0 Å². The third kappa shape index (κ3) is 2.67. The van der Waals surface area contributed by atoms with Crippen LogP contribution < -0.4 is 0 Å². The van der Waals surface area contributed by atoms with Crippen molar-refractivity contribution < 1.29 is 14.7 Å². The lowest BCUT2D eigenvalue weighted by atomic mass is 9.97. The van der Waals surface area contributed by atoms with E-state index in [1.807, 2.05) is 13.0 Å². The molecule has 1 aromatic heterocycles. The normalized spacial score (nSPS) is 13.9. The van der Waals surface area contributed by atoms with Crippen LogP contribution in [0.25, 0.3) is 0 Å². The van der Waals surface area contributed by atoms with Crippen LogP contribution in [-0.2, 0) is 13.0 Å². The molecule has 2 aromatic rings. The maximum Gasteiger partial charge on any atom is 0.335 e. The van der Waals surface area contributed by atoms with Crippen LogP contribution in [0.5, 0.6) is 0 Å². The fraction of sp³-hybridized carbons (Fsp3) is 0.267. The van der Waals surface area contributed by atoms with Crippen molar-refractivity contribution in [2.75, 3.05) is 6.54 Å². The molecule has 0 fully saturated rings. The summed E-state index contributed by atoms with van der Waals surface area (Å²) in [7, 11) is 0. The number of carbonyl (C=O) groups is 2. The predicted molar refractivity (Wildman–Crippen MR) is 78.7 cm³/mol. The van der Waals surface area contributed by atoms with Crippen molar-refractivity contribution in [3.8, 4) is 0 Å². The summed E-state index contributed by atoms with van der Waals surface area (Å²) in [6.07, 6.45) is 2.35. The molecule has 0 radical (unpaired) electrons. The third-order valence-electron chi connectivity index (χ3n) is 3.58. The van der Waals surface area contributed by atoms with Crippen molar-refractivity contribution in [2.45, 2.75) is 19.9 Å². The highest BCUT2D eigenvalue weighted by Gasteiger charge is 2.23. The van der Waals surface area contributed by atoms with E-state index in [0.29, 0.717) is 18.0 Å². The first-order chi connectivity index (χ1) is 10.0. The number of aromatic nitrogens is 1. The topological polar surface area (TPSA) is 70.5 Å². The Morgan fingerprint density at radius 1 is 1.33 bits per heavy atom. The van der Waals surface area contributed by atoms with E-state index in [0.717, 1.165) is 22.6 Å². The lowest BCUT2D eigenvalue weighted by Gasteiger charge is -2.28. The molecule has 6 heteroatoms. The van der Waals surface area contributed by atoms with E-state index >= 15 is 0 Å². The van der Waals surface area contributed by atoms with Crippen molar-refractivity contribution in [1.29, 1.82) is 0 Å². The molecule has 1 aromatic carbocycles. The number of carboxylic acid groups (broad SMARTS) is 1. The van der Waals surface area contributed by atoms with Crippen LogP contribution >= 0.6 is 11.3 Å². The zero-order valence-electron chi connectivity index (χ0n) is 11.5. The minimum Gasteiger partial charge on any atom is -0.478 e. The van der Waals surface area contributed by atoms with Gasteiger partial charge < -0.3 is 10.0 Å². The van der Waals surface area contributed by atoms with Crippen LogP contribution in [0, 0.1) is 6.92 Å². The molecule has 1 aliphatic rings. The fourth-order valence-corrected chi connectivity index (χ4v) is 3.23. The molecule has 3 rings (SSSR count). The molecule has 0 aliphatic carbocycles. The number of hydrogen-bond donors (Lipinski definition) is 1. The lowest BCUT2D eigenvalue weighted by Crippen LogP contribution is -2.35. The quantitative estimate of drug-likeness (QED) is 0.924. The molecule has 0 bridgehead atoms. The first-order valence-electron chi connectivity index (χ1n) is 6.61. The van der Waals surface area contributed by atoms with Gasteiger partial charge in [-0.1, -0.05) is 6.07 Å². The summed E-state index contributed by atoms with van der Waals surface area (Å²) in [6, 6.07) is 5.12. The van der Waals surface area contributed by atoms with Gasteiger partial charge in [0.2, 0.25) is 0 Å². The maximum absolute atomic E-state index is 12.4. The number of carbonyl (C=O) groups excluding carboxylic acids is 1. The van der Waals surface area contributed by atoms with E-state index < -0.39 is 5.97 Å². The highest BCUT2D eigenvalue weighted by atomic mass is 32.1. The van der Waals surface area contributed by atoms with Crippen molar-refractivity contribution >= 4 is 23.2 Å². The summed E-state index contributed by atoms with van der Waals surface area (Å²) < 4.78 is 0. The minimum absolute atomic E-state index is 0.0352. The van der Waals surface area contributed by atoms with Gasteiger partial charge in [0.05, 0.1) is 16.8 Å². The molecular weight excluding hydrogens is 288 g/mol. The smallest absolute Gasteiger partial charge is 0.335 e. The van der Waals surface area contributed by atoms with Crippen LogP contribution in [0.15, 0.2) is 24.4 Å². The molecule has 0 saturated carbocycles. The monoisotopic (exact) mass is 302 g/mol. The summed E-state index contributed by atoms with van der Waals surface area (Å²) >= 11 is 1.38. The molecule has 5 nitrogen and oxygen atoms in total. The first-order valence-corrected chi connectivity index (χ1v) is 7.43. The standard InChI is InChI=1S/C15H14N2O3S/c1-9-16-7-13(21-9)14(18)17-5-4-10-2-3-11(15(19)20)6-12(10)8-17/h2-3,6-7H,4-5,8H2,1H3,(H,19,20). The zero-order chi connectivity index (χ0) is 15.0. The number of rotatable bonds is 2. The zero-order valence-corrected chi connectivity index (χ0v) is 12.3. The number of hydrogen-bond acceptors (Lipinski definition) is 4. The van der Waals surface area contributed by atoms with E-state index in [-0.39, 0.29) is 11.5 Å². The number of amides is 1. The van der Waals surface area contributed by atoms with Crippen molar-refractivity contribution in [2.24, 2.45) is 0 Å². The average Bonchev–Trinajstić information content (AvgIpc) is 2.91. The molecule has 108 valence electrons. The van der Waals surface area contributed by atoms with Crippen LogP contribution in [0.1, 0.15) is 36.2 Å². The Morgan fingerprint density at radius 2 is 2.14 bits per heavy atom. The fourth-order valence-electron chi connectivity index (χ4n) is 2.48. The number of carboxylic acids is 1.